The van der Waals surface area contributed by atoms with Crippen LogP contribution in [0.15, 0.2) is 0 Å². The summed E-state index contributed by atoms with van der Waals surface area (Å²) in [6.07, 6.45) is -21.3. The molecule has 37 heavy (non-hydrogen) atoms. The molecule has 3 fully saturated rings. The topological polar surface area (TPSA) is 257 Å². The lowest BCUT2D eigenvalue weighted by atomic mass is 9.92. The normalized spacial score (nSPS) is 49.0. The van der Waals surface area contributed by atoms with Gasteiger partial charge in [0.05, 0.1) is 32.0 Å². The first kappa shape index (κ1) is 30.5. The predicted molar refractivity (Wildman–Crippen MR) is 116 cm³/mol. The summed E-state index contributed by atoms with van der Waals surface area (Å²) in [5.41, 5.74) is 0. The van der Waals surface area contributed by atoms with Crippen LogP contribution in [0.5, 0.6) is 0 Å². The molecule has 3 heterocycles. The van der Waals surface area contributed by atoms with E-state index in [1.165, 1.54) is 6.92 Å². The SMILES string of the molecule is CC(=O)NC1C(C)OC(CO)C(OC2OC(CO)C(O)C(OC3OC(CO)C(O)C(O)C3O)C2O)C1O. The van der Waals surface area contributed by atoms with E-state index in [9.17, 15) is 50.8 Å². The second-order valence-corrected chi connectivity index (χ2v) is 9.38. The molecule has 15 unspecified atom stereocenters. The Balaban J connectivity index is 1.80. The van der Waals surface area contributed by atoms with Gasteiger partial charge in [-0.2, -0.15) is 0 Å². The van der Waals surface area contributed by atoms with Crippen molar-refractivity contribution in [3.05, 3.63) is 0 Å². The first-order chi connectivity index (χ1) is 17.4. The molecule has 16 nitrogen and oxygen atoms in total. The zero-order chi connectivity index (χ0) is 27.6. The number of hydrogen-bond acceptors (Lipinski definition) is 15. The summed E-state index contributed by atoms with van der Waals surface area (Å²) >= 11 is 0. The summed E-state index contributed by atoms with van der Waals surface area (Å²) in [5.74, 6) is -0.467. The van der Waals surface area contributed by atoms with E-state index < -0.39 is 118 Å². The quantitative estimate of drug-likeness (QED) is 0.137. The van der Waals surface area contributed by atoms with Crippen molar-refractivity contribution < 1.29 is 74.4 Å². The zero-order valence-electron chi connectivity index (χ0n) is 20.3. The average Bonchev–Trinajstić information content (AvgIpc) is 2.86. The van der Waals surface area contributed by atoms with Crippen molar-refractivity contribution in [1.82, 2.24) is 5.32 Å². The van der Waals surface area contributed by atoms with Gasteiger partial charge in [0.25, 0.3) is 0 Å². The van der Waals surface area contributed by atoms with E-state index in [2.05, 4.69) is 5.32 Å². The molecule has 0 saturated carbocycles. The zero-order valence-corrected chi connectivity index (χ0v) is 20.3. The first-order valence-electron chi connectivity index (χ1n) is 11.9. The number of carbonyl (C=O) groups is 1. The van der Waals surface area contributed by atoms with Crippen molar-refractivity contribution in [2.45, 2.75) is 106 Å². The van der Waals surface area contributed by atoms with Crippen LogP contribution in [0.25, 0.3) is 0 Å². The monoisotopic (exact) mass is 543 g/mol. The Kier molecular flexibility index (Phi) is 10.6. The van der Waals surface area contributed by atoms with E-state index in [1.54, 1.807) is 6.92 Å². The van der Waals surface area contributed by atoms with Gasteiger partial charge >= 0.3 is 0 Å². The second-order valence-electron chi connectivity index (χ2n) is 9.38. The molecule has 0 aromatic carbocycles. The summed E-state index contributed by atoms with van der Waals surface area (Å²) < 4.78 is 27.6. The molecule has 0 aromatic rings. The van der Waals surface area contributed by atoms with Gasteiger partial charge in [0.15, 0.2) is 12.6 Å². The fourth-order valence-corrected chi connectivity index (χ4v) is 4.71. The van der Waals surface area contributed by atoms with Crippen LogP contribution in [0.1, 0.15) is 13.8 Å². The fraction of sp³-hybridized carbons (Fsp3) is 0.952. The maximum atomic E-state index is 11.6. The number of aliphatic hydroxyl groups excluding tert-OH is 9. The predicted octanol–water partition coefficient (Wildman–Crippen LogP) is -6.36. The molecule has 15 atom stereocenters. The fourth-order valence-electron chi connectivity index (χ4n) is 4.71. The van der Waals surface area contributed by atoms with Gasteiger partial charge in [-0.25, -0.2) is 0 Å². The molecule has 16 heteroatoms. The van der Waals surface area contributed by atoms with Crippen LogP contribution < -0.4 is 5.32 Å². The van der Waals surface area contributed by atoms with Gasteiger partial charge in [0.1, 0.15) is 67.1 Å². The van der Waals surface area contributed by atoms with E-state index in [1.807, 2.05) is 0 Å². The van der Waals surface area contributed by atoms with E-state index >= 15 is 0 Å². The Bertz CT molecular complexity index is 745. The van der Waals surface area contributed by atoms with Crippen LogP contribution >= 0.6 is 0 Å². The Hall–Kier alpha value is -1.09. The molecule has 0 aromatic heterocycles. The third-order valence-electron chi connectivity index (χ3n) is 6.77. The highest BCUT2D eigenvalue weighted by atomic mass is 16.7. The Morgan fingerprint density at radius 1 is 0.676 bits per heavy atom. The third-order valence-corrected chi connectivity index (χ3v) is 6.77. The van der Waals surface area contributed by atoms with Gasteiger partial charge in [0.2, 0.25) is 5.91 Å². The minimum Gasteiger partial charge on any atom is -0.394 e. The lowest BCUT2D eigenvalue weighted by Crippen LogP contribution is -2.67. The largest absolute Gasteiger partial charge is 0.394 e. The lowest BCUT2D eigenvalue weighted by molar-refractivity contribution is -0.371. The van der Waals surface area contributed by atoms with Crippen LogP contribution in [-0.4, -0.2) is 164 Å². The number of hydrogen-bond donors (Lipinski definition) is 10. The highest BCUT2D eigenvalue weighted by Gasteiger charge is 2.53. The number of rotatable bonds is 8. The molecule has 3 rings (SSSR count). The average molecular weight is 544 g/mol. The van der Waals surface area contributed by atoms with Gasteiger partial charge in [-0.1, -0.05) is 0 Å². The van der Waals surface area contributed by atoms with Crippen molar-refractivity contribution in [2.75, 3.05) is 19.8 Å². The van der Waals surface area contributed by atoms with Crippen LogP contribution in [0.4, 0.5) is 0 Å². The third kappa shape index (κ3) is 6.39. The van der Waals surface area contributed by atoms with E-state index in [-0.39, 0.29) is 0 Å². The Labute approximate surface area is 211 Å². The molecule has 0 spiro atoms. The first-order valence-corrected chi connectivity index (χ1v) is 11.9. The maximum Gasteiger partial charge on any atom is 0.217 e. The number of ether oxygens (including phenoxy) is 5. The summed E-state index contributed by atoms with van der Waals surface area (Å²) in [6.45, 7) is 0.664. The van der Waals surface area contributed by atoms with Crippen LogP contribution in [0, 0.1) is 0 Å². The van der Waals surface area contributed by atoms with Gasteiger partial charge in [-0.15, -0.1) is 0 Å². The number of amides is 1. The summed E-state index contributed by atoms with van der Waals surface area (Å²) in [4.78, 5) is 11.6. The molecule has 3 aliphatic heterocycles. The molecule has 10 N–H and O–H groups in total. The molecule has 0 aliphatic carbocycles. The minimum absolute atomic E-state index is 0.467. The van der Waals surface area contributed by atoms with E-state index in [4.69, 9.17) is 23.7 Å². The van der Waals surface area contributed by atoms with E-state index in [0.29, 0.717) is 0 Å². The Morgan fingerprint density at radius 3 is 1.73 bits per heavy atom. The van der Waals surface area contributed by atoms with Gasteiger partial charge in [0, 0.05) is 6.92 Å². The van der Waals surface area contributed by atoms with Crippen molar-refractivity contribution >= 4 is 5.91 Å². The lowest BCUT2D eigenvalue weighted by Gasteiger charge is -2.48. The summed E-state index contributed by atoms with van der Waals surface area (Å²) in [7, 11) is 0. The molecule has 0 radical (unpaired) electrons. The molecule has 1 amide bonds. The summed E-state index contributed by atoms with van der Waals surface area (Å²) in [6, 6.07) is -0.952. The van der Waals surface area contributed by atoms with Crippen LogP contribution in [0.3, 0.4) is 0 Å². The smallest absolute Gasteiger partial charge is 0.217 e. The molecule has 3 aliphatic rings. The number of aliphatic hydroxyl groups is 9. The highest BCUT2D eigenvalue weighted by Crippen LogP contribution is 2.32. The molecular weight excluding hydrogens is 506 g/mol. The second kappa shape index (κ2) is 12.8. The van der Waals surface area contributed by atoms with Crippen LogP contribution in [-0.2, 0) is 28.5 Å². The minimum atomic E-state index is -1.85. The molecular formula is C21H37NO15. The van der Waals surface area contributed by atoms with Gasteiger partial charge in [-0.3, -0.25) is 4.79 Å². The standard InChI is InChI=1S/C21H37NO15/c1-6-11(22-7(2)26)14(29)18(10(5-25)33-6)36-21-17(32)19(13(28)9(4-24)35-21)37-20-16(31)15(30)12(27)8(3-23)34-20/h6,8-21,23-25,27-32H,3-5H2,1-2H3,(H,22,26). The van der Waals surface area contributed by atoms with Gasteiger partial charge < -0.3 is 75.0 Å². The van der Waals surface area contributed by atoms with E-state index in [0.717, 1.165) is 0 Å². The van der Waals surface area contributed by atoms with Gasteiger partial charge in [-0.05, 0) is 6.92 Å². The highest BCUT2D eigenvalue weighted by molar-refractivity contribution is 5.73. The molecule has 0 bridgehead atoms. The van der Waals surface area contributed by atoms with Crippen molar-refractivity contribution in [1.29, 1.82) is 0 Å². The Morgan fingerprint density at radius 2 is 1.19 bits per heavy atom. The summed E-state index contributed by atoms with van der Waals surface area (Å²) in [5, 5.41) is 94.1. The number of nitrogens with one attached hydrogen (secondary N) is 1. The van der Waals surface area contributed by atoms with Crippen molar-refractivity contribution in [2.24, 2.45) is 0 Å². The van der Waals surface area contributed by atoms with Crippen molar-refractivity contribution in [3.63, 3.8) is 0 Å². The maximum absolute atomic E-state index is 11.6. The van der Waals surface area contributed by atoms with Crippen LogP contribution in [0.2, 0.25) is 0 Å². The molecule has 3 saturated heterocycles. The molecule has 216 valence electrons. The van der Waals surface area contributed by atoms with Crippen molar-refractivity contribution in [3.8, 4) is 0 Å². The number of carbonyl (C=O) groups excluding carboxylic acids is 1.